The first-order chi connectivity index (χ1) is 17.8. The molecule has 0 saturated carbocycles. The summed E-state index contributed by atoms with van der Waals surface area (Å²) in [6.07, 6.45) is 1.37. The number of rotatable bonds is 10. The molecule has 9 heteroatoms. The minimum absolute atomic E-state index is 0.0623. The van der Waals surface area contributed by atoms with Gasteiger partial charge in [0.05, 0.1) is 17.2 Å². The number of aryl methyl sites for hydroxylation is 1. The molecule has 2 amide bonds. The van der Waals surface area contributed by atoms with Crippen molar-refractivity contribution in [2.75, 3.05) is 28.9 Å². The zero-order valence-corrected chi connectivity index (χ0v) is 21.8. The summed E-state index contributed by atoms with van der Waals surface area (Å²) in [6, 6.07) is 20.6. The summed E-state index contributed by atoms with van der Waals surface area (Å²) in [5, 5.41) is 2.82. The van der Waals surface area contributed by atoms with Crippen molar-refractivity contribution in [2.24, 2.45) is 0 Å². The lowest BCUT2D eigenvalue weighted by atomic mass is 10.2. The molecule has 3 aromatic rings. The molecule has 0 unspecified atom stereocenters. The van der Waals surface area contributed by atoms with Crippen LogP contribution >= 0.6 is 0 Å². The van der Waals surface area contributed by atoms with Crippen LogP contribution in [0.5, 0.6) is 5.75 Å². The number of anilines is 2. The van der Waals surface area contributed by atoms with Crippen molar-refractivity contribution >= 4 is 33.2 Å². The van der Waals surface area contributed by atoms with Gasteiger partial charge in [-0.3, -0.25) is 13.9 Å². The van der Waals surface area contributed by atoms with E-state index in [0.717, 1.165) is 27.5 Å². The second-order valence-corrected chi connectivity index (χ2v) is 10.7. The molecule has 0 spiro atoms. The molecular formula is C28H31N3O5S. The Morgan fingerprint density at radius 1 is 1.05 bits per heavy atom. The Balaban J connectivity index is 1.51. The van der Waals surface area contributed by atoms with Gasteiger partial charge in [0, 0.05) is 25.2 Å². The third-order valence-corrected chi connectivity index (χ3v) is 7.91. The Kier molecular flexibility index (Phi) is 8.13. The van der Waals surface area contributed by atoms with E-state index in [1.54, 1.807) is 41.3 Å². The standard InChI is InChI=1S/C28H31N3O5S/c1-3-36-25-13-15-26(16-14-25)37(34,35)31(23-11-9-21(2)10-12-23)20-27(32)29-19-22-6-4-7-24(18-22)30-17-5-8-28(30)33/h4,6-7,9-16,18H,3,5,8,17,19-20H2,1-2H3,(H,29,32). The minimum Gasteiger partial charge on any atom is -0.494 e. The Morgan fingerprint density at radius 3 is 2.43 bits per heavy atom. The van der Waals surface area contributed by atoms with Crippen LogP contribution in [0.4, 0.5) is 11.4 Å². The first-order valence-corrected chi connectivity index (χ1v) is 13.7. The van der Waals surface area contributed by atoms with Crippen LogP contribution in [0.25, 0.3) is 0 Å². The van der Waals surface area contributed by atoms with E-state index in [0.29, 0.717) is 31.0 Å². The van der Waals surface area contributed by atoms with Gasteiger partial charge in [0.1, 0.15) is 12.3 Å². The molecule has 1 aliphatic rings. The number of sulfonamides is 1. The van der Waals surface area contributed by atoms with Crippen molar-refractivity contribution in [3.63, 3.8) is 0 Å². The summed E-state index contributed by atoms with van der Waals surface area (Å²) >= 11 is 0. The fourth-order valence-corrected chi connectivity index (χ4v) is 5.59. The molecule has 0 atom stereocenters. The van der Waals surface area contributed by atoms with E-state index in [-0.39, 0.29) is 23.9 Å². The smallest absolute Gasteiger partial charge is 0.264 e. The highest BCUT2D eigenvalue weighted by Gasteiger charge is 2.27. The molecule has 37 heavy (non-hydrogen) atoms. The quantitative estimate of drug-likeness (QED) is 0.435. The molecule has 0 aromatic heterocycles. The van der Waals surface area contributed by atoms with Crippen LogP contribution in [-0.4, -0.2) is 39.9 Å². The Morgan fingerprint density at radius 2 is 1.78 bits per heavy atom. The van der Waals surface area contributed by atoms with Gasteiger partial charge >= 0.3 is 0 Å². The molecule has 0 radical (unpaired) electrons. The van der Waals surface area contributed by atoms with Gasteiger partial charge in [0.25, 0.3) is 10.0 Å². The van der Waals surface area contributed by atoms with Gasteiger partial charge in [0.15, 0.2) is 0 Å². The number of hydrogen-bond donors (Lipinski definition) is 1. The molecule has 1 saturated heterocycles. The van der Waals surface area contributed by atoms with Crippen LogP contribution in [0.1, 0.15) is 30.9 Å². The largest absolute Gasteiger partial charge is 0.494 e. The highest BCUT2D eigenvalue weighted by atomic mass is 32.2. The van der Waals surface area contributed by atoms with E-state index in [1.165, 1.54) is 12.1 Å². The van der Waals surface area contributed by atoms with E-state index in [9.17, 15) is 18.0 Å². The van der Waals surface area contributed by atoms with Crippen molar-refractivity contribution < 1.29 is 22.7 Å². The lowest BCUT2D eigenvalue weighted by Crippen LogP contribution is -2.40. The Labute approximate surface area is 217 Å². The van der Waals surface area contributed by atoms with Crippen molar-refractivity contribution in [1.29, 1.82) is 0 Å². The molecule has 0 aliphatic carbocycles. The van der Waals surface area contributed by atoms with Gasteiger partial charge in [0.2, 0.25) is 11.8 Å². The summed E-state index contributed by atoms with van der Waals surface area (Å²) in [5.41, 5.74) is 2.99. The second-order valence-electron chi connectivity index (χ2n) is 8.85. The van der Waals surface area contributed by atoms with Gasteiger partial charge in [-0.25, -0.2) is 8.42 Å². The lowest BCUT2D eigenvalue weighted by molar-refractivity contribution is -0.120. The van der Waals surface area contributed by atoms with Crippen molar-refractivity contribution in [2.45, 2.75) is 38.1 Å². The second kappa shape index (κ2) is 11.5. The summed E-state index contributed by atoms with van der Waals surface area (Å²) in [7, 11) is -4.03. The number of nitrogens with zero attached hydrogens (tertiary/aromatic N) is 2. The zero-order chi connectivity index (χ0) is 26.4. The maximum Gasteiger partial charge on any atom is 0.264 e. The minimum atomic E-state index is -4.03. The molecule has 1 N–H and O–H groups in total. The molecule has 194 valence electrons. The highest BCUT2D eigenvalue weighted by molar-refractivity contribution is 7.92. The van der Waals surface area contributed by atoms with E-state index >= 15 is 0 Å². The third-order valence-electron chi connectivity index (χ3n) is 6.12. The van der Waals surface area contributed by atoms with Crippen molar-refractivity contribution in [3.05, 3.63) is 83.9 Å². The average molecular weight is 522 g/mol. The number of benzene rings is 3. The van der Waals surface area contributed by atoms with E-state index in [1.807, 2.05) is 38.1 Å². The van der Waals surface area contributed by atoms with Crippen LogP contribution in [0, 0.1) is 6.92 Å². The molecule has 3 aromatic carbocycles. The zero-order valence-electron chi connectivity index (χ0n) is 21.0. The topological polar surface area (TPSA) is 96.0 Å². The van der Waals surface area contributed by atoms with Crippen LogP contribution in [0.3, 0.4) is 0 Å². The SMILES string of the molecule is CCOc1ccc(S(=O)(=O)N(CC(=O)NCc2cccc(N3CCCC3=O)c2)c2ccc(C)cc2)cc1. The van der Waals surface area contributed by atoms with Crippen LogP contribution in [-0.2, 0) is 26.2 Å². The van der Waals surface area contributed by atoms with E-state index < -0.39 is 15.9 Å². The first kappa shape index (κ1) is 26.2. The fraction of sp³-hybridized carbons (Fsp3) is 0.286. The average Bonchev–Trinajstić information content (AvgIpc) is 3.33. The molecule has 8 nitrogen and oxygen atoms in total. The van der Waals surface area contributed by atoms with E-state index in [2.05, 4.69) is 5.32 Å². The highest BCUT2D eigenvalue weighted by Crippen LogP contribution is 2.26. The molecule has 1 heterocycles. The van der Waals surface area contributed by atoms with Gasteiger partial charge in [-0.15, -0.1) is 0 Å². The molecule has 1 fully saturated rings. The summed E-state index contributed by atoms with van der Waals surface area (Å²) < 4.78 is 33.7. The lowest BCUT2D eigenvalue weighted by Gasteiger charge is -2.24. The summed E-state index contributed by atoms with van der Waals surface area (Å²) in [5.74, 6) is 0.214. The number of ether oxygens (including phenoxy) is 1. The molecular weight excluding hydrogens is 490 g/mol. The number of amides is 2. The van der Waals surface area contributed by atoms with Gasteiger partial charge in [-0.1, -0.05) is 29.8 Å². The monoisotopic (exact) mass is 521 g/mol. The van der Waals surface area contributed by atoms with Crippen LogP contribution in [0.2, 0.25) is 0 Å². The molecule has 0 bridgehead atoms. The van der Waals surface area contributed by atoms with Gasteiger partial charge in [-0.05, 0) is 74.4 Å². The predicted molar refractivity (Wildman–Crippen MR) is 143 cm³/mol. The molecule has 4 rings (SSSR count). The molecule has 1 aliphatic heterocycles. The number of carbonyl (C=O) groups is 2. The first-order valence-electron chi connectivity index (χ1n) is 12.3. The third kappa shape index (κ3) is 6.29. The maximum atomic E-state index is 13.6. The number of carbonyl (C=O) groups excluding carboxylic acids is 2. The Bertz CT molecular complexity index is 1360. The maximum absolute atomic E-state index is 13.6. The summed E-state index contributed by atoms with van der Waals surface area (Å²) in [4.78, 5) is 26.9. The number of nitrogens with one attached hydrogen (secondary N) is 1. The van der Waals surface area contributed by atoms with Crippen LogP contribution < -0.4 is 19.3 Å². The predicted octanol–water partition coefficient (Wildman–Crippen LogP) is 4.03. The number of hydrogen-bond acceptors (Lipinski definition) is 5. The van der Waals surface area contributed by atoms with Crippen molar-refractivity contribution in [3.8, 4) is 5.75 Å². The van der Waals surface area contributed by atoms with Gasteiger partial charge < -0.3 is 15.0 Å². The van der Waals surface area contributed by atoms with E-state index in [4.69, 9.17) is 4.74 Å². The van der Waals surface area contributed by atoms with Crippen molar-refractivity contribution in [1.82, 2.24) is 5.32 Å². The fourth-order valence-electron chi connectivity index (χ4n) is 4.17. The van der Waals surface area contributed by atoms with Gasteiger partial charge in [-0.2, -0.15) is 0 Å². The van der Waals surface area contributed by atoms with Crippen LogP contribution in [0.15, 0.2) is 77.7 Å². The Hall–Kier alpha value is -3.85. The summed E-state index contributed by atoms with van der Waals surface area (Å²) in [6.45, 7) is 4.74. The normalized spacial score (nSPS) is 13.5.